The topological polar surface area (TPSA) is 54.5 Å². The maximum atomic E-state index is 13.9. The van der Waals surface area contributed by atoms with Gasteiger partial charge in [0.25, 0.3) is 0 Å². The fraction of sp³-hybridized carbons (Fsp3) is 0.556. The van der Waals surface area contributed by atoms with Crippen LogP contribution in [0.3, 0.4) is 0 Å². The molecule has 0 aromatic carbocycles. The highest BCUT2D eigenvalue weighted by Crippen LogP contribution is 2.23. The minimum atomic E-state index is -0.840. The van der Waals surface area contributed by atoms with Gasteiger partial charge in [-0.05, 0) is 18.6 Å². The fourth-order valence-electron chi connectivity index (χ4n) is 3.39. The summed E-state index contributed by atoms with van der Waals surface area (Å²) in [6, 6.07) is 3.72. The van der Waals surface area contributed by atoms with Gasteiger partial charge in [0.2, 0.25) is 5.91 Å². The second-order valence-corrected chi connectivity index (χ2v) is 6.79. The Morgan fingerprint density at radius 3 is 3.04 bits per heavy atom. The van der Waals surface area contributed by atoms with Crippen LogP contribution < -0.4 is 0 Å². The summed E-state index contributed by atoms with van der Waals surface area (Å²) in [5.41, 5.74) is 1.06. The van der Waals surface area contributed by atoms with E-state index in [0.29, 0.717) is 38.9 Å². The van der Waals surface area contributed by atoms with Crippen molar-refractivity contribution >= 4 is 5.91 Å². The number of rotatable bonds is 7. The summed E-state index contributed by atoms with van der Waals surface area (Å²) in [6.45, 7) is 1.61. The van der Waals surface area contributed by atoms with Gasteiger partial charge in [0, 0.05) is 64.4 Å². The summed E-state index contributed by atoms with van der Waals surface area (Å²) < 4.78 is 20.9. The molecular formula is C18H25FN4O2. The number of hydrogen-bond donors (Lipinski definition) is 0. The molecule has 2 aromatic heterocycles. The molecule has 7 heteroatoms. The first-order valence-electron chi connectivity index (χ1n) is 8.63. The lowest BCUT2D eigenvalue weighted by Gasteiger charge is -2.28. The number of likely N-dealkylation sites (N-methyl/N-ethyl adjacent to an activating group) is 1. The van der Waals surface area contributed by atoms with E-state index >= 15 is 0 Å². The van der Waals surface area contributed by atoms with Crippen LogP contribution in [0.4, 0.5) is 4.39 Å². The third-order valence-electron chi connectivity index (χ3n) is 4.70. The summed E-state index contributed by atoms with van der Waals surface area (Å²) in [5.74, 6) is 0.865. The first kappa shape index (κ1) is 17.7. The third kappa shape index (κ3) is 4.69. The maximum absolute atomic E-state index is 13.9. The average molecular weight is 348 g/mol. The number of alkyl halides is 1. The number of nitrogens with zero attached hydrogens (tertiary/aromatic N) is 4. The summed E-state index contributed by atoms with van der Waals surface area (Å²) in [4.78, 5) is 16.2. The highest BCUT2D eigenvalue weighted by molar-refractivity contribution is 5.76. The van der Waals surface area contributed by atoms with Gasteiger partial charge in [-0.1, -0.05) is 0 Å². The van der Waals surface area contributed by atoms with Crippen LogP contribution in [0.1, 0.15) is 24.2 Å². The Morgan fingerprint density at radius 2 is 2.36 bits per heavy atom. The Morgan fingerprint density at radius 1 is 1.52 bits per heavy atom. The molecule has 1 aliphatic heterocycles. The molecule has 0 radical (unpaired) electrons. The largest absolute Gasteiger partial charge is 0.469 e. The Hall–Kier alpha value is -2.15. The standard InChI is InChI=1S/C18H25FN4O2/c1-21(18(24)6-5-17-4-3-7-25-17)13-16-8-15(19)12-23(16)11-14-9-20-22(2)10-14/h3-4,7,9-10,15-16H,5-6,8,11-13H2,1-2H3/t15-,16-/m0/s1. The Kier molecular flexibility index (Phi) is 5.53. The molecule has 1 fully saturated rings. The predicted octanol–water partition coefficient (Wildman–Crippen LogP) is 2.02. The molecule has 0 unspecified atom stereocenters. The number of furan rings is 1. The monoisotopic (exact) mass is 348 g/mol. The summed E-state index contributed by atoms with van der Waals surface area (Å²) in [7, 11) is 3.66. The molecule has 0 saturated carbocycles. The number of carbonyl (C=O) groups excluding carboxylic acids is 1. The molecule has 1 aliphatic rings. The maximum Gasteiger partial charge on any atom is 0.222 e. The Bertz CT molecular complexity index is 685. The molecule has 2 atom stereocenters. The van der Waals surface area contributed by atoms with E-state index < -0.39 is 6.17 Å². The van der Waals surface area contributed by atoms with E-state index in [1.54, 1.807) is 29.1 Å². The normalized spacial score (nSPS) is 20.9. The van der Waals surface area contributed by atoms with Gasteiger partial charge in [0.05, 0.1) is 12.5 Å². The van der Waals surface area contributed by atoms with Crippen molar-refractivity contribution in [3.8, 4) is 0 Å². The van der Waals surface area contributed by atoms with Crippen molar-refractivity contribution in [2.24, 2.45) is 7.05 Å². The van der Waals surface area contributed by atoms with E-state index in [0.717, 1.165) is 11.3 Å². The number of likely N-dealkylation sites (tertiary alicyclic amines) is 1. The molecule has 0 N–H and O–H groups in total. The number of halogens is 1. The smallest absolute Gasteiger partial charge is 0.222 e. The van der Waals surface area contributed by atoms with Crippen molar-refractivity contribution in [3.05, 3.63) is 42.1 Å². The molecule has 136 valence electrons. The van der Waals surface area contributed by atoms with Crippen molar-refractivity contribution in [2.45, 2.75) is 38.0 Å². The van der Waals surface area contributed by atoms with Crippen LogP contribution in [-0.4, -0.2) is 57.8 Å². The van der Waals surface area contributed by atoms with Crippen LogP contribution in [0.5, 0.6) is 0 Å². The third-order valence-corrected chi connectivity index (χ3v) is 4.70. The quantitative estimate of drug-likeness (QED) is 0.768. The van der Waals surface area contributed by atoms with Crippen molar-refractivity contribution in [1.82, 2.24) is 19.6 Å². The van der Waals surface area contributed by atoms with Crippen molar-refractivity contribution in [2.75, 3.05) is 20.1 Å². The summed E-state index contributed by atoms with van der Waals surface area (Å²) in [6.07, 6.45) is 5.98. The predicted molar refractivity (Wildman–Crippen MR) is 91.6 cm³/mol. The second-order valence-electron chi connectivity index (χ2n) is 6.79. The number of amides is 1. The van der Waals surface area contributed by atoms with Crippen molar-refractivity contribution < 1.29 is 13.6 Å². The lowest BCUT2D eigenvalue weighted by atomic mass is 10.1. The number of hydrogen-bond acceptors (Lipinski definition) is 4. The van der Waals surface area contributed by atoms with Crippen LogP contribution >= 0.6 is 0 Å². The molecule has 0 aliphatic carbocycles. The van der Waals surface area contributed by atoms with Gasteiger partial charge < -0.3 is 9.32 Å². The zero-order valence-electron chi connectivity index (χ0n) is 14.8. The van der Waals surface area contributed by atoms with Crippen LogP contribution in [0.15, 0.2) is 35.2 Å². The average Bonchev–Trinajstić information content (AvgIpc) is 3.29. The molecule has 3 rings (SSSR count). The van der Waals surface area contributed by atoms with E-state index in [-0.39, 0.29) is 11.9 Å². The lowest BCUT2D eigenvalue weighted by Crippen LogP contribution is -2.41. The first-order chi connectivity index (χ1) is 12.0. The molecule has 6 nitrogen and oxygen atoms in total. The summed E-state index contributed by atoms with van der Waals surface area (Å²) >= 11 is 0. The van der Waals surface area contributed by atoms with E-state index in [2.05, 4.69) is 10.00 Å². The minimum absolute atomic E-state index is 0.0350. The van der Waals surface area contributed by atoms with E-state index in [9.17, 15) is 9.18 Å². The first-order valence-corrected chi connectivity index (χ1v) is 8.63. The minimum Gasteiger partial charge on any atom is -0.469 e. The fourth-order valence-corrected chi connectivity index (χ4v) is 3.39. The van der Waals surface area contributed by atoms with Crippen molar-refractivity contribution in [1.29, 1.82) is 0 Å². The number of carbonyl (C=O) groups is 1. The zero-order chi connectivity index (χ0) is 17.8. The SMILES string of the molecule is CN(C[C@@H]1C[C@H](F)CN1Cc1cnn(C)c1)C(=O)CCc1ccco1. The van der Waals surface area contributed by atoms with Crippen LogP contribution in [0, 0.1) is 0 Å². The summed E-state index contributed by atoms with van der Waals surface area (Å²) in [5, 5.41) is 4.16. The highest BCUT2D eigenvalue weighted by Gasteiger charge is 2.33. The lowest BCUT2D eigenvalue weighted by molar-refractivity contribution is -0.130. The van der Waals surface area contributed by atoms with Crippen molar-refractivity contribution in [3.63, 3.8) is 0 Å². The van der Waals surface area contributed by atoms with Gasteiger partial charge in [-0.25, -0.2) is 4.39 Å². The number of aromatic nitrogens is 2. The molecule has 1 saturated heterocycles. The van der Waals surface area contributed by atoms with Crippen LogP contribution in [-0.2, 0) is 24.8 Å². The van der Waals surface area contributed by atoms with E-state index in [1.807, 2.05) is 25.4 Å². The van der Waals surface area contributed by atoms with Crippen LogP contribution in [0.2, 0.25) is 0 Å². The van der Waals surface area contributed by atoms with Gasteiger partial charge >= 0.3 is 0 Å². The molecular weight excluding hydrogens is 323 g/mol. The Labute approximate surface area is 147 Å². The zero-order valence-corrected chi connectivity index (χ0v) is 14.8. The Balaban J connectivity index is 1.52. The molecule has 3 heterocycles. The van der Waals surface area contributed by atoms with E-state index in [4.69, 9.17) is 4.42 Å². The molecule has 0 spiro atoms. The van der Waals surface area contributed by atoms with Gasteiger partial charge in [-0.2, -0.15) is 5.10 Å². The van der Waals surface area contributed by atoms with Gasteiger partial charge in [0.1, 0.15) is 11.9 Å². The highest BCUT2D eigenvalue weighted by atomic mass is 19.1. The second kappa shape index (κ2) is 7.82. The van der Waals surface area contributed by atoms with Crippen LogP contribution in [0.25, 0.3) is 0 Å². The number of aryl methyl sites for hydroxylation is 2. The molecule has 0 bridgehead atoms. The van der Waals surface area contributed by atoms with Gasteiger partial charge in [-0.3, -0.25) is 14.4 Å². The molecule has 2 aromatic rings. The van der Waals surface area contributed by atoms with Gasteiger partial charge in [-0.15, -0.1) is 0 Å². The molecule has 1 amide bonds. The van der Waals surface area contributed by atoms with E-state index in [1.165, 1.54) is 0 Å². The van der Waals surface area contributed by atoms with Gasteiger partial charge in [0.15, 0.2) is 0 Å². The molecule has 25 heavy (non-hydrogen) atoms.